The number of nitrogens with zero attached hydrogens (tertiary/aromatic N) is 2. The summed E-state index contributed by atoms with van der Waals surface area (Å²) in [7, 11) is 0. The summed E-state index contributed by atoms with van der Waals surface area (Å²) in [5.74, 6) is 0. The fraction of sp³-hybridized carbons (Fsp3) is 0.650. The zero-order chi connectivity index (χ0) is 17.5. The zero-order valence-electron chi connectivity index (χ0n) is 15.4. The quantitative estimate of drug-likeness (QED) is 0.892. The number of amides is 2. The second kappa shape index (κ2) is 9.20. The molecule has 2 aliphatic heterocycles. The van der Waals surface area contributed by atoms with Crippen LogP contribution >= 0.6 is 0 Å². The monoisotopic (exact) mass is 345 g/mol. The number of carbonyl (C=O) groups is 1. The molecule has 0 saturated carbocycles. The molecule has 2 amide bonds. The number of rotatable bonds is 5. The van der Waals surface area contributed by atoms with Crippen LogP contribution in [0.25, 0.3) is 0 Å². The van der Waals surface area contributed by atoms with Gasteiger partial charge in [0.2, 0.25) is 0 Å². The molecule has 1 atom stereocenters. The first-order chi connectivity index (χ1) is 12.2. The van der Waals surface area contributed by atoms with Crippen LogP contribution in [-0.2, 0) is 11.3 Å². The van der Waals surface area contributed by atoms with Gasteiger partial charge in [-0.05, 0) is 38.2 Å². The van der Waals surface area contributed by atoms with Gasteiger partial charge in [0.1, 0.15) is 0 Å². The van der Waals surface area contributed by atoms with Crippen molar-refractivity contribution in [3.63, 3.8) is 0 Å². The van der Waals surface area contributed by atoms with Crippen molar-refractivity contribution in [1.29, 1.82) is 0 Å². The molecule has 2 fully saturated rings. The van der Waals surface area contributed by atoms with Crippen molar-refractivity contribution in [2.45, 2.75) is 45.2 Å². The number of ether oxygens (including phenoxy) is 1. The summed E-state index contributed by atoms with van der Waals surface area (Å²) in [6.07, 6.45) is 4.54. The maximum atomic E-state index is 12.7. The zero-order valence-corrected chi connectivity index (χ0v) is 15.4. The molecule has 2 saturated heterocycles. The van der Waals surface area contributed by atoms with Gasteiger partial charge in [-0.25, -0.2) is 4.79 Å². The number of nitrogens with one attached hydrogen (secondary N) is 1. The molecular formula is C20H31N3O2. The summed E-state index contributed by atoms with van der Waals surface area (Å²) in [6, 6.07) is 8.81. The number of urea groups is 1. The molecule has 1 N–H and O–H groups in total. The van der Waals surface area contributed by atoms with E-state index in [0.29, 0.717) is 12.6 Å². The molecule has 2 heterocycles. The Hall–Kier alpha value is -1.59. The van der Waals surface area contributed by atoms with Crippen LogP contribution in [0.5, 0.6) is 0 Å². The van der Waals surface area contributed by atoms with Crippen LogP contribution < -0.4 is 5.32 Å². The normalized spacial score (nSPS) is 22.0. The highest BCUT2D eigenvalue weighted by molar-refractivity contribution is 5.74. The first kappa shape index (κ1) is 18.2. The summed E-state index contributed by atoms with van der Waals surface area (Å²) < 4.78 is 5.42. The maximum absolute atomic E-state index is 12.7. The Labute approximate surface area is 151 Å². The van der Waals surface area contributed by atoms with E-state index in [1.807, 2.05) is 0 Å². The summed E-state index contributed by atoms with van der Waals surface area (Å²) in [4.78, 5) is 17.2. The van der Waals surface area contributed by atoms with Gasteiger partial charge in [0.25, 0.3) is 0 Å². The molecule has 0 bridgehead atoms. The first-order valence-corrected chi connectivity index (χ1v) is 9.62. The van der Waals surface area contributed by atoms with E-state index in [0.717, 1.165) is 64.2 Å². The standard InChI is InChI=1S/C20H31N3O2/c1-17-5-7-18(8-6-17)16-21-20(24)23-10-3-2-4-19(23)9-11-22-12-14-25-15-13-22/h5-8,19H,2-4,9-16H2,1H3,(H,21,24)/t19-/m0/s1. The topological polar surface area (TPSA) is 44.8 Å². The number of benzene rings is 1. The van der Waals surface area contributed by atoms with Gasteiger partial charge in [0.15, 0.2) is 0 Å². The second-order valence-corrected chi connectivity index (χ2v) is 7.23. The largest absolute Gasteiger partial charge is 0.379 e. The number of aryl methyl sites for hydroxylation is 1. The molecule has 0 aromatic heterocycles. The van der Waals surface area contributed by atoms with Crippen LogP contribution in [0.4, 0.5) is 4.79 Å². The molecule has 5 heteroatoms. The molecular weight excluding hydrogens is 314 g/mol. The van der Waals surface area contributed by atoms with Gasteiger partial charge in [-0.3, -0.25) is 4.90 Å². The molecule has 3 rings (SSSR count). The van der Waals surface area contributed by atoms with Gasteiger partial charge in [-0.2, -0.15) is 0 Å². The minimum absolute atomic E-state index is 0.0900. The Kier molecular flexibility index (Phi) is 6.70. The van der Waals surface area contributed by atoms with Crippen molar-refractivity contribution in [2.75, 3.05) is 39.4 Å². The SMILES string of the molecule is Cc1ccc(CNC(=O)N2CCCC[C@H]2CCN2CCOCC2)cc1. The highest BCUT2D eigenvalue weighted by atomic mass is 16.5. The van der Waals surface area contributed by atoms with Crippen LogP contribution in [-0.4, -0.2) is 61.3 Å². The summed E-state index contributed by atoms with van der Waals surface area (Å²) in [5, 5.41) is 3.11. The fourth-order valence-electron chi connectivity index (χ4n) is 3.71. The predicted molar refractivity (Wildman–Crippen MR) is 99.6 cm³/mol. The molecule has 25 heavy (non-hydrogen) atoms. The van der Waals surface area contributed by atoms with Crippen molar-refractivity contribution in [1.82, 2.24) is 15.1 Å². The molecule has 2 aliphatic rings. The molecule has 0 spiro atoms. The average Bonchev–Trinajstić information content (AvgIpc) is 2.67. The Balaban J connectivity index is 1.48. The van der Waals surface area contributed by atoms with E-state index in [1.165, 1.54) is 12.0 Å². The maximum Gasteiger partial charge on any atom is 0.317 e. The minimum Gasteiger partial charge on any atom is -0.379 e. The van der Waals surface area contributed by atoms with Crippen molar-refractivity contribution in [3.05, 3.63) is 35.4 Å². The minimum atomic E-state index is 0.0900. The smallest absolute Gasteiger partial charge is 0.317 e. The van der Waals surface area contributed by atoms with Crippen LogP contribution in [0.1, 0.15) is 36.8 Å². The van der Waals surface area contributed by atoms with Gasteiger partial charge < -0.3 is 15.0 Å². The Bertz CT molecular complexity index is 540. The van der Waals surface area contributed by atoms with Crippen LogP contribution in [0.3, 0.4) is 0 Å². The number of carbonyl (C=O) groups excluding carboxylic acids is 1. The lowest BCUT2D eigenvalue weighted by atomic mass is 9.99. The Morgan fingerprint density at radius 2 is 1.92 bits per heavy atom. The van der Waals surface area contributed by atoms with Crippen LogP contribution in [0, 0.1) is 6.92 Å². The van der Waals surface area contributed by atoms with Crippen LogP contribution in [0.15, 0.2) is 24.3 Å². The molecule has 138 valence electrons. The van der Waals surface area contributed by atoms with Gasteiger partial charge in [-0.15, -0.1) is 0 Å². The van der Waals surface area contributed by atoms with E-state index in [9.17, 15) is 4.79 Å². The van der Waals surface area contributed by atoms with Gasteiger partial charge in [0.05, 0.1) is 13.2 Å². The lowest BCUT2D eigenvalue weighted by Gasteiger charge is -2.37. The van der Waals surface area contributed by atoms with E-state index in [1.54, 1.807) is 0 Å². The lowest BCUT2D eigenvalue weighted by Crippen LogP contribution is -2.50. The number of hydrogen-bond donors (Lipinski definition) is 1. The third-order valence-electron chi connectivity index (χ3n) is 5.33. The van der Waals surface area contributed by atoms with E-state index in [-0.39, 0.29) is 6.03 Å². The van der Waals surface area contributed by atoms with E-state index < -0.39 is 0 Å². The fourth-order valence-corrected chi connectivity index (χ4v) is 3.71. The summed E-state index contributed by atoms with van der Waals surface area (Å²) in [6.45, 7) is 8.35. The highest BCUT2D eigenvalue weighted by Gasteiger charge is 2.27. The van der Waals surface area contributed by atoms with Crippen molar-refractivity contribution in [3.8, 4) is 0 Å². The molecule has 5 nitrogen and oxygen atoms in total. The van der Waals surface area contributed by atoms with E-state index >= 15 is 0 Å². The highest BCUT2D eigenvalue weighted by Crippen LogP contribution is 2.20. The molecule has 1 aromatic carbocycles. The van der Waals surface area contributed by atoms with E-state index in [4.69, 9.17) is 4.74 Å². The summed E-state index contributed by atoms with van der Waals surface area (Å²) in [5.41, 5.74) is 2.40. The molecule has 1 aromatic rings. The second-order valence-electron chi connectivity index (χ2n) is 7.23. The number of likely N-dealkylation sites (tertiary alicyclic amines) is 1. The van der Waals surface area contributed by atoms with Gasteiger partial charge >= 0.3 is 6.03 Å². The third kappa shape index (κ3) is 5.44. The summed E-state index contributed by atoms with van der Waals surface area (Å²) >= 11 is 0. The molecule has 0 unspecified atom stereocenters. The number of morpholine rings is 1. The Morgan fingerprint density at radius 3 is 2.68 bits per heavy atom. The van der Waals surface area contributed by atoms with Crippen molar-refractivity contribution >= 4 is 6.03 Å². The Morgan fingerprint density at radius 1 is 1.16 bits per heavy atom. The van der Waals surface area contributed by atoms with E-state index in [2.05, 4.69) is 46.3 Å². The lowest BCUT2D eigenvalue weighted by molar-refractivity contribution is 0.0326. The molecule has 0 aliphatic carbocycles. The van der Waals surface area contributed by atoms with Gasteiger partial charge in [-0.1, -0.05) is 29.8 Å². The average molecular weight is 345 g/mol. The van der Waals surface area contributed by atoms with Gasteiger partial charge in [0, 0.05) is 38.8 Å². The number of hydrogen-bond acceptors (Lipinski definition) is 3. The van der Waals surface area contributed by atoms with Crippen molar-refractivity contribution < 1.29 is 9.53 Å². The van der Waals surface area contributed by atoms with Crippen molar-refractivity contribution in [2.24, 2.45) is 0 Å². The number of piperidine rings is 1. The molecule has 0 radical (unpaired) electrons. The predicted octanol–water partition coefficient (Wildman–Crippen LogP) is 2.78. The third-order valence-corrected chi connectivity index (χ3v) is 5.33. The first-order valence-electron chi connectivity index (χ1n) is 9.62. The van der Waals surface area contributed by atoms with Crippen LogP contribution in [0.2, 0.25) is 0 Å².